The van der Waals surface area contributed by atoms with Crippen LogP contribution in [0.4, 0.5) is 0 Å². The van der Waals surface area contributed by atoms with Gasteiger partial charge in [0, 0.05) is 0 Å². The van der Waals surface area contributed by atoms with Gasteiger partial charge < -0.3 is 0 Å². The summed E-state index contributed by atoms with van der Waals surface area (Å²) in [6.45, 7) is 0. The predicted molar refractivity (Wildman–Crippen MR) is 123 cm³/mol. The summed E-state index contributed by atoms with van der Waals surface area (Å²) >= 11 is 0. The van der Waals surface area contributed by atoms with Gasteiger partial charge in [-0.15, -0.1) is 0 Å². The fraction of sp³-hybridized carbons (Fsp3) is 0. The molecule has 0 saturated carbocycles. The molecule has 0 bridgehead atoms. The molecule has 5 aromatic rings. The van der Waals surface area contributed by atoms with Crippen LogP contribution in [0.15, 0.2) is 121 Å². The van der Waals surface area contributed by atoms with Gasteiger partial charge in [-0.1, -0.05) is 133 Å². The van der Waals surface area contributed by atoms with E-state index in [9.17, 15) is 0 Å². The lowest BCUT2D eigenvalue weighted by Gasteiger charge is -1.99. The van der Waals surface area contributed by atoms with Gasteiger partial charge in [0.15, 0.2) is 0 Å². The molecule has 6 rings (SSSR count). The van der Waals surface area contributed by atoms with Crippen molar-refractivity contribution in [2.24, 2.45) is 0 Å². The van der Waals surface area contributed by atoms with E-state index in [1.54, 1.807) is 0 Å². The summed E-state index contributed by atoms with van der Waals surface area (Å²) in [6, 6.07) is 41.6. The molecule has 0 spiro atoms. The first-order valence-electron chi connectivity index (χ1n) is 9.55. The van der Waals surface area contributed by atoms with Gasteiger partial charge in [-0.3, -0.25) is 0 Å². The summed E-state index contributed by atoms with van der Waals surface area (Å²) in [5.74, 6) is 0. The smallest absolute Gasteiger partial charge is 0.00389 e. The predicted octanol–water partition coefficient (Wildman–Crippen LogP) is 7.85. The molecule has 0 nitrogen and oxygen atoms in total. The molecule has 134 valence electrons. The molecule has 0 heteroatoms. The van der Waals surface area contributed by atoms with Crippen LogP contribution in [0.3, 0.4) is 0 Å². The molecule has 0 amide bonds. The molecular formula is C28H22. The van der Waals surface area contributed by atoms with Crippen molar-refractivity contribution in [2.45, 2.75) is 0 Å². The zero-order valence-corrected chi connectivity index (χ0v) is 15.7. The van der Waals surface area contributed by atoms with E-state index in [0.29, 0.717) is 0 Å². The molecule has 0 heterocycles. The van der Waals surface area contributed by atoms with E-state index >= 15 is 0 Å². The van der Waals surface area contributed by atoms with Crippen LogP contribution in [0.1, 0.15) is 11.1 Å². The van der Waals surface area contributed by atoms with Crippen LogP contribution in [0, 0.1) is 0 Å². The fourth-order valence-electron chi connectivity index (χ4n) is 3.37. The van der Waals surface area contributed by atoms with Crippen molar-refractivity contribution in [3.05, 3.63) is 132 Å². The molecule has 0 fully saturated rings. The Balaban J connectivity index is 0.000000109. The number of rotatable bonds is 0. The van der Waals surface area contributed by atoms with Crippen LogP contribution in [-0.2, 0) is 0 Å². The van der Waals surface area contributed by atoms with Crippen LogP contribution in [0.2, 0.25) is 0 Å². The van der Waals surface area contributed by atoms with Crippen molar-refractivity contribution in [3.63, 3.8) is 0 Å². The molecule has 28 heavy (non-hydrogen) atoms. The van der Waals surface area contributed by atoms with E-state index in [4.69, 9.17) is 0 Å². The van der Waals surface area contributed by atoms with Crippen molar-refractivity contribution in [1.82, 2.24) is 0 Å². The molecule has 0 aliphatic heterocycles. The van der Waals surface area contributed by atoms with Crippen molar-refractivity contribution in [1.29, 1.82) is 0 Å². The first-order chi connectivity index (χ1) is 13.9. The first-order valence-corrected chi connectivity index (χ1v) is 9.55. The molecular weight excluding hydrogens is 336 g/mol. The van der Waals surface area contributed by atoms with E-state index in [1.165, 1.54) is 32.7 Å². The van der Waals surface area contributed by atoms with E-state index in [0.717, 1.165) is 0 Å². The Morgan fingerprint density at radius 2 is 0.643 bits per heavy atom. The number of fused-ring (bicyclic) bond motifs is 1. The molecule has 0 atom stereocenters. The highest BCUT2D eigenvalue weighted by atomic mass is 14.1. The van der Waals surface area contributed by atoms with Crippen molar-refractivity contribution < 1.29 is 0 Å². The van der Waals surface area contributed by atoms with E-state index < -0.39 is 0 Å². The number of hydrogen-bond acceptors (Lipinski definition) is 0. The normalized spacial score (nSPS) is 10.7. The summed E-state index contributed by atoms with van der Waals surface area (Å²) < 4.78 is 0. The zero-order chi connectivity index (χ0) is 19.0. The molecule has 1 aliphatic carbocycles. The Bertz CT molecular complexity index is 1070. The zero-order valence-electron chi connectivity index (χ0n) is 15.7. The van der Waals surface area contributed by atoms with Gasteiger partial charge in [0.1, 0.15) is 0 Å². The SMILES string of the molecule is C1=Cc2cccc3cccc1c23.c1ccc2ccccc2c1.c1ccccc1. The molecule has 0 unspecified atom stereocenters. The van der Waals surface area contributed by atoms with E-state index in [2.05, 4.69) is 97.1 Å². The van der Waals surface area contributed by atoms with Gasteiger partial charge >= 0.3 is 0 Å². The highest BCUT2D eigenvalue weighted by Crippen LogP contribution is 2.30. The Labute approximate surface area is 166 Å². The lowest BCUT2D eigenvalue weighted by atomic mass is 10.0. The van der Waals surface area contributed by atoms with Crippen LogP contribution < -0.4 is 0 Å². The minimum atomic E-state index is 1.31. The topological polar surface area (TPSA) is 0 Å². The summed E-state index contributed by atoms with van der Waals surface area (Å²) in [7, 11) is 0. The molecule has 0 aromatic heterocycles. The molecule has 0 radical (unpaired) electrons. The highest BCUT2D eigenvalue weighted by Gasteiger charge is 2.06. The van der Waals surface area contributed by atoms with E-state index in [1.807, 2.05) is 36.4 Å². The standard InChI is InChI=1S/C12H8.C10H8.C6H6/c1-3-9-4-2-6-11-8-7-10(5-1)12(9)11;1-2-6-10-8-4-3-7-9(10)5-1;1-2-4-6-5-3-1/h1-8H;1-8H;1-6H. The number of benzene rings is 5. The minimum absolute atomic E-state index is 1.31. The van der Waals surface area contributed by atoms with Gasteiger partial charge in [0.2, 0.25) is 0 Å². The molecule has 5 aromatic carbocycles. The van der Waals surface area contributed by atoms with Crippen molar-refractivity contribution >= 4 is 33.7 Å². The van der Waals surface area contributed by atoms with Gasteiger partial charge in [0.05, 0.1) is 0 Å². The fourth-order valence-corrected chi connectivity index (χ4v) is 3.37. The molecule has 0 saturated heterocycles. The van der Waals surface area contributed by atoms with Crippen LogP contribution in [-0.4, -0.2) is 0 Å². The van der Waals surface area contributed by atoms with Gasteiger partial charge in [-0.05, 0) is 32.7 Å². The summed E-state index contributed by atoms with van der Waals surface area (Å²) in [5, 5.41) is 5.37. The third-order valence-electron chi connectivity index (χ3n) is 4.74. The second-order valence-corrected chi connectivity index (χ2v) is 6.63. The molecule has 0 N–H and O–H groups in total. The molecule has 1 aliphatic rings. The third kappa shape index (κ3) is 4.19. The Morgan fingerprint density at radius 3 is 1.04 bits per heavy atom. The Hall–Kier alpha value is -3.64. The van der Waals surface area contributed by atoms with Gasteiger partial charge in [-0.2, -0.15) is 0 Å². The summed E-state index contributed by atoms with van der Waals surface area (Å²) in [6.07, 6.45) is 4.36. The maximum absolute atomic E-state index is 2.18. The monoisotopic (exact) mass is 358 g/mol. The van der Waals surface area contributed by atoms with E-state index in [-0.39, 0.29) is 0 Å². The highest BCUT2D eigenvalue weighted by molar-refractivity contribution is 6.04. The van der Waals surface area contributed by atoms with Crippen LogP contribution >= 0.6 is 0 Å². The lowest BCUT2D eigenvalue weighted by molar-refractivity contribution is 1.72. The second kappa shape index (κ2) is 8.83. The maximum Gasteiger partial charge on any atom is -0.00389 e. The van der Waals surface area contributed by atoms with Crippen molar-refractivity contribution in [3.8, 4) is 0 Å². The Morgan fingerprint density at radius 1 is 0.286 bits per heavy atom. The van der Waals surface area contributed by atoms with Crippen LogP contribution in [0.25, 0.3) is 33.7 Å². The van der Waals surface area contributed by atoms with Gasteiger partial charge in [0.25, 0.3) is 0 Å². The van der Waals surface area contributed by atoms with Gasteiger partial charge in [-0.25, -0.2) is 0 Å². The average Bonchev–Trinajstić information content (AvgIpc) is 3.21. The largest absolute Gasteiger partial charge is 0.0623 e. The lowest BCUT2D eigenvalue weighted by Crippen LogP contribution is -1.76. The third-order valence-corrected chi connectivity index (χ3v) is 4.74. The quantitative estimate of drug-likeness (QED) is 0.259. The summed E-state index contributed by atoms with van der Waals surface area (Å²) in [4.78, 5) is 0. The maximum atomic E-state index is 2.18. The minimum Gasteiger partial charge on any atom is -0.0623 e. The summed E-state index contributed by atoms with van der Waals surface area (Å²) in [5.41, 5.74) is 2.70. The van der Waals surface area contributed by atoms with Crippen LogP contribution in [0.5, 0.6) is 0 Å². The Kier molecular flexibility index (Phi) is 5.60. The average molecular weight is 358 g/mol. The van der Waals surface area contributed by atoms with Crippen molar-refractivity contribution in [2.75, 3.05) is 0 Å². The first kappa shape index (κ1) is 17.8. The number of hydrogen-bond donors (Lipinski definition) is 0. The second-order valence-electron chi connectivity index (χ2n) is 6.63.